The second-order valence-corrected chi connectivity index (χ2v) is 4.98. The third-order valence-electron chi connectivity index (χ3n) is 2.82. The third-order valence-corrected chi connectivity index (χ3v) is 3.66. The van der Waals surface area contributed by atoms with E-state index in [0.29, 0.717) is 25.9 Å². The van der Waals surface area contributed by atoms with Crippen LogP contribution in [0.1, 0.15) is 18.5 Å². The molecule has 0 radical (unpaired) electrons. The van der Waals surface area contributed by atoms with Crippen LogP contribution in [-0.4, -0.2) is 34.8 Å². The molecule has 0 atom stereocenters. The second kappa shape index (κ2) is 5.48. The molecule has 0 aromatic carbocycles. The fraction of sp³-hybridized carbons (Fsp3) is 0.417. The van der Waals surface area contributed by atoms with E-state index in [1.807, 2.05) is 19.1 Å². The second-order valence-electron chi connectivity index (χ2n) is 4.13. The van der Waals surface area contributed by atoms with Gasteiger partial charge < -0.3 is 5.32 Å². The molecule has 0 bridgehead atoms. The van der Waals surface area contributed by atoms with Gasteiger partial charge in [0, 0.05) is 30.4 Å². The average Bonchev–Trinajstić information content (AvgIpc) is 2.65. The van der Waals surface area contributed by atoms with Crippen LogP contribution in [0.4, 0.5) is 5.82 Å². The van der Waals surface area contributed by atoms with Crippen molar-refractivity contribution in [2.24, 2.45) is 0 Å². The Morgan fingerprint density at radius 2 is 2.00 bits per heavy atom. The lowest BCUT2D eigenvalue weighted by molar-refractivity contribution is -0.138. The smallest absolute Gasteiger partial charge is 0.229 e. The fourth-order valence-electron chi connectivity index (χ4n) is 1.81. The molecule has 2 heterocycles. The minimum Gasteiger partial charge on any atom is -0.368 e. The zero-order chi connectivity index (χ0) is 13.1. The summed E-state index contributed by atoms with van der Waals surface area (Å²) in [7, 11) is 0. The first-order valence-corrected chi connectivity index (χ1v) is 6.57. The van der Waals surface area contributed by atoms with E-state index in [1.165, 1.54) is 4.90 Å². The van der Waals surface area contributed by atoms with Crippen molar-refractivity contribution in [2.75, 3.05) is 18.4 Å². The number of aryl methyl sites for hydroxylation is 1. The summed E-state index contributed by atoms with van der Waals surface area (Å²) < 4.78 is 0.956. The lowest BCUT2D eigenvalue weighted by Crippen LogP contribution is -2.33. The molecule has 1 aliphatic rings. The molecule has 0 saturated carbocycles. The van der Waals surface area contributed by atoms with E-state index in [0.717, 1.165) is 16.0 Å². The zero-order valence-corrected chi connectivity index (χ0v) is 11.7. The molecule has 1 aromatic rings. The minimum absolute atomic E-state index is 0.0817. The first-order chi connectivity index (χ1) is 8.58. The van der Waals surface area contributed by atoms with Crippen LogP contribution in [-0.2, 0) is 9.59 Å². The van der Waals surface area contributed by atoms with Crippen LogP contribution in [0.5, 0.6) is 0 Å². The Labute approximate surface area is 114 Å². The molecule has 6 heteroatoms. The number of carbonyl (C=O) groups is 2. The summed E-state index contributed by atoms with van der Waals surface area (Å²) in [6.45, 7) is 2.82. The van der Waals surface area contributed by atoms with Crippen LogP contribution < -0.4 is 5.32 Å². The number of amides is 2. The lowest BCUT2D eigenvalue weighted by Gasteiger charge is -2.14. The van der Waals surface area contributed by atoms with Crippen molar-refractivity contribution >= 4 is 33.6 Å². The summed E-state index contributed by atoms with van der Waals surface area (Å²) in [4.78, 5) is 28.4. The summed E-state index contributed by atoms with van der Waals surface area (Å²) in [6.07, 6.45) is 0.683. The molecule has 2 amide bonds. The highest BCUT2D eigenvalue weighted by Gasteiger charge is 2.27. The molecule has 1 saturated heterocycles. The van der Waals surface area contributed by atoms with E-state index < -0.39 is 0 Å². The van der Waals surface area contributed by atoms with Gasteiger partial charge in [0.1, 0.15) is 5.82 Å². The van der Waals surface area contributed by atoms with Gasteiger partial charge in [-0.25, -0.2) is 4.98 Å². The highest BCUT2D eigenvalue weighted by Crippen LogP contribution is 2.16. The minimum atomic E-state index is -0.0817. The number of anilines is 1. The van der Waals surface area contributed by atoms with Crippen LogP contribution in [0.2, 0.25) is 0 Å². The van der Waals surface area contributed by atoms with E-state index in [4.69, 9.17) is 0 Å². The predicted octanol–water partition coefficient (Wildman–Crippen LogP) is 1.71. The van der Waals surface area contributed by atoms with E-state index >= 15 is 0 Å². The molecule has 0 unspecified atom stereocenters. The van der Waals surface area contributed by atoms with Gasteiger partial charge >= 0.3 is 0 Å². The van der Waals surface area contributed by atoms with Crippen molar-refractivity contribution in [1.82, 2.24) is 9.88 Å². The van der Waals surface area contributed by atoms with Gasteiger partial charge in [0.25, 0.3) is 0 Å². The zero-order valence-electron chi connectivity index (χ0n) is 10.1. The van der Waals surface area contributed by atoms with Gasteiger partial charge in [-0.05, 0) is 35.0 Å². The standard InChI is InChI=1S/C12H14BrN3O2/c1-8-9(13)2-3-10(15-8)14-6-7-16-11(17)4-5-12(16)18/h2-3H,4-7H2,1H3,(H,14,15). The quantitative estimate of drug-likeness (QED) is 0.860. The Morgan fingerprint density at radius 3 is 2.61 bits per heavy atom. The fourth-order valence-corrected chi connectivity index (χ4v) is 2.03. The first-order valence-electron chi connectivity index (χ1n) is 5.78. The molecule has 1 aliphatic heterocycles. The maximum absolute atomic E-state index is 11.4. The maximum Gasteiger partial charge on any atom is 0.229 e. The number of rotatable bonds is 4. The third kappa shape index (κ3) is 2.87. The van der Waals surface area contributed by atoms with E-state index in [9.17, 15) is 9.59 Å². The number of hydrogen-bond donors (Lipinski definition) is 1. The molecular formula is C12H14BrN3O2. The highest BCUT2D eigenvalue weighted by atomic mass is 79.9. The van der Waals surface area contributed by atoms with Crippen molar-refractivity contribution in [3.05, 3.63) is 22.3 Å². The van der Waals surface area contributed by atoms with E-state index in [-0.39, 0.29) is 11.8 Å². The number of imide groups is 1. The summed E-state index contributed by atoms with van der Waals surface area (Å²) in [6, 6.07) is 3.77. The van der Waals surface area contributed by atoms with E-state index in [1.54, 1.807) is 0 Å². The lowest BCUT2D eigenvalue weighted by atomic mass is 10.3. The number of aromatic nitrogens is 1. The van der Waals surface area contributed by atoms with E-state index in [2.05, 4.69) is 26.2 Å². The Hall–Kier alpha value is -1.43. The summed E-state index contributed by atoms with van der Waals surface area (Å²) >= 11 is 3.38. The molecular weight excluding hydrogens is 298 g/mol. The SMILES string of the molecule is Cc1nc(NCCN2C(=O)CCC2=O)ccc1Br. The summed E-state index contributed by atoms with van der Waals surface area (Å²) in [5, 5.41) is 3.10. The Kier molecular flexibility index (Phi) is 3.96. The number of hydrogen-bond acceptors (Lipinski definition) is 4. The molecule has 96 valence electrons. The molecule has 1 N–H and O–H groups in total. The molecule has 18 heavy (non-hydrogen) atoms. The van der Waals surface area contributed by atoms with Crippen LogP contribution >= 0.6 is 15.9 Å². The van der Waals surface area contributed by atoms with Crippen molar-refractivity contribution < 1.29 is 9.59 Å². The Balaban J connectivity index is 1.86. The van der Waals surface area contributed by atoms with Crippen LogP contribution in [0.15, 0.2) is 16.6 Å². The van der Waals surface area contributed by atoms with Gasteiger partial charge in [-0.3, -0.25) is 14.5 Å². The molecule has 5 nitrogen and oxygen atoms in total. The first kappa shape index (κ1) is 13.0. The normalized spacial score (nSPS) is 15.3. The van der Waals surface area contributed by atoms with Crippen molar-refractivity contribution in [1.29, 1.82) is 0 Å². The molecule has 0 aliphatic carbocycles. The van der Waals surface area contributed by atoms with Gasteiger partial charge in [0.2, 0.25) is 11.8 Å². The summed E-state index contributed by atoms with van der Waals surface area (Å²) in [5.41, 5.74) is 0.897. The number of carbonyl (C=O) groups excluding carboxylic acids is 2. The Bertz CT molecular complexity index is 474. The number of likely N-dealkylation sites (tertiary alicyclic amines) is 1. The van der Waals surface area contributed by atoms with Gasteiger partial charge in [-0.1, -0.05) is 0 Å². The molecule has 1 fully saturated rings. The summed E-state index contributed by atoms with van der Waals surface area (Å²) in [5.74, 6) is 0.582. The van der Waals surface area contributed by atoms with Gasteiger partial charge in [0.05, 0.1) is 5.69 Å². The largest absolute Gasteiger partial charge is 0.368 e. The molecule has 1 aromatic heterocycles. The number of nitrogens with zero attached hydrogens (tertiary/aromatic N) is 2. The van der Waals surface area contributed by atoms with Gasteiger partial charge in [0.15, 0.2) is 0 Å². The van der Waals surface area contributed by atoms with Crippen molar-refractivity contribution in [3.63, 3.8) is 0 Å². The average molecular weight is 312 g/mol. The van der Waals surface area contributed by atoms with Crippen molar-refractivity contribution in [2.45, 2.75) is 19.8 Å². The van der Waals surface area contributed by atoms with Crippen LogP contribution in [0.3, 0.4) is 0 Å². The highest BCUT2D eigenvalue weighted by molar-refractivity contribution is 9.10. The van der Waals surface area contributed by atoms with Crippen LogP contribution in [0, 0.1) is 6.92 Å². The Morgan fingerprint density at radius 1 is 1.33 bits per heavy atom. The number of pyridine rings is 1. The maximum atomic E-state index is 11.4. The monoisotopic (exact) mass is 311 g/mol. The topological polar surface area (TPSA) is 62.3 Å². The van der Waals surface area contributed by atoms with Gasteiger partial charge in [-0.15, -0.1) is 0 Å². The number of halogens is 1. The predicted molar refractivity (Wildman–Crippen MR) is 71.1 cm³/mol. The van der Waals surface area contributed by atoms with Crippen LogP contribution in [0.25, 0.3) is 0 Å². The van der Waals surface area contributed by atoms with Crippen molar-refractivity contribution in [3.8, 4) is 0 Å². The number of nitrogens with one attached hydrogen (secondary N) is 1. The molecule has 0 spiro atoms. The van der Waals surface area contributed by atoms with Gasteiger partial charge in [-0.2, -0.15) is 0 Å². The molecule has 2 rings (SSSR count).